The number of hydrogen-bond donors (Lipinski definition) is 0. The summed E-state index contributed by atoms with van der Waals surface area (Å²) in [5.41, 5.74) is 4.31. The van der Waals surface area contributed by atoms with Crippen LogP contribution in [0.2, 0.25) is 5.02 Å². The van der Waals surface area contributed by atoms with E-state index in [1.807, 2.05) is 20.0 Å². The van der Waals surface area contributed by atoms with Crippen molar-refractivity contribution in [3.05, 3.63) is 69.0 Å². The lowest BCUT2D eigenvalue weighted by molar-refractivity contribution is 0.295. The molecule has 1 aliphatic rings. The number of likely N-dealkylation sites (N-methyl/N-ethyl adjacent to an activating group) is 1. The Bertz CT molecular complexity index is 997. The maximum absolute atomic E-state index is 11.7. The van der Waals surface area contributed by atoms with E-state index in [1.54, 1.807) is 18.2 Å². The molecule has 0 N–H and O–H groups in total. The van der Waals surface area contributed by atoms with Gasteiger partial charge in [0.2, 0.25) is 0 Å². The molecule has 7 heteroatoms. The fourth-order valence-corrected chi connectivity index (χ4v) is 4.39. The third kappa shape index (κ3) is 3.54. The standard InChI is InChI=1S/C18H16Cl2N2O2S/c1-11-4-5-13(25(20,23)24)8-14(11)16-9-22(3)10-17-15(16)6-12(19)7-18(17)21-2/h4-8,16H,9-10H2,1,3H3. The summed E-state index contributed by atoms with van der Waals surface area (Å²) in [7, 11) is 3.70. The summed E-state index contributed by atoms with van der Waals surface area (Å²) in [6.45, 7) is 10.7. The lowest BCUT2D eigenvalue weighted by Gasteiger charge is -2.34. The summed E-state index contributed by atoms with van der Waals surface area (Å²) in [5.74, 6) is -0.0775. The van der Waals surface area contributed by atoms with Crippen molar-refractivity contribution in [1.29, 1.82) is 0 Å². The van der Waals surface area contributed by atoms with Crippen molar-refractivity contribution in [1.82, 2.24) is 4.90 Å². The summed E-state index contributed by atoms with van der Waals surface area (Å²) in [4.78, 5) is 5.81. The minimum absolute atomic E-state index is 0.0775. The first-order valence-electron chi connectivity index (χ1n) is 7.64. The molecule has 0 bridgehead atoms. The van der Waals surface area contributed by atoms with Crippen LogP contribution in [-0.4, -0.2) is 26.9 Å². The SMILES string of the molecule is [C-]#[N+]c1cc(Cl)cc2c1CN(C)CC2c1cc(S(=O)(=O)Cl)ccc1C. The van der Waals surface area contributed by atoms with Crippen molar-refractivity contribution in [2.75, 3.05) is 13.6 Å². The number of benzene rings is 2. The zero-order valence-corrected chi connectivity index (χ0v) is 16.1. The highest BCUT2D eigenvalue weighted by Crippen LogP contribution is 2.41. The molecule has 4 nitrogen and oxygen atoms in total. The van der Waals surface area contributed by atoms with Crippen LogP contribution in [0.4, 0.5) is 5.69 Å². The molecule has 0 aliphatic carbocycles. The Morgan fingerprint density at radius 2 is 1.96 bits per heavy atom. The van der Waals surface area contributed by atoms with Crippen LogP contribution in [0.15, 0.2) is 35.2 Å². The molecule has 0 radical (unpaired) electrons. The fraction of sp³-hybridized carbons (Fsp3) is 0.278. The average molecular weight is 395 g/mol. The number of aryl methyl sites for hydroxylation is 1. The maximum Gasteiger partial charge on any atom is 0.261 e. The third-order valence-electron chi connectivity index (χ3n) is 4.55. The van der Waals surface area contributed by atoms with Crippen LogP contribution in [0.25, 0.3) is 4.85 Å². The van der Waals surface area contributed by atoms with Crippen LogP contribution < -0.4 is 0 Å². The van der Waals surface area contributed by atoms with E-state index in [-0.39, 0.29) is 10.8 Å². The highest BCUT2D eigenvalue weighted by atomic mass is 35.7. The highest BCUT2D eigenvalue weighted by Gasteiger charge is 2.29. The van der Waals surface area contributed by atoms with Gasteiger partial charge < -0.3 is 4.90 Å². The molecule has 2 aromatic rings. The van der Waals surface area contributed by atoms with Crippen molar-refractivity contribution in [3.63, 3.8) is 0 Å². The maximum atomic E-state index is 11.7. The first-order chi connectivity index (χ1) is 11.7. The summed E-state index contributed by atoms with van der Waals surface area (Å²) in [5, 5.41) is 0.512. The molecule has 1 aliphatic heterocycles. The second-order valence-electron chi connectivity index (χ2n) is 6.31. The summed E-state index contributed by atoms with van der Waals surface area (Å²) < 4.78 is 23.5. The van der Waals surface area contributed by atoms with Crippen molar-refractivity contribution >= 4 is 37.0 Å². The minimum Gasteiger partial charge on any atom is -0.302 e. The smallest absolute Gasteiger partial charge is 0.261 e. The Hall–Kier alpha value is -1.58. The lowest BCUT2D eigenvalue weighted by atomic mass is 9.82. The first-order valence-corrected chi connectivity index (χ1v) is 10.3. The number of rotatable bonds is 2. The second-order valence-corrected chi connectivity index (χ2v) is 9.31. The number of nitrogens with zero attached hydrogens (tertiary/aromatic N) is 2. The van der Waals surface area contributed by atoms with E-state index in [4.69, 9.17) is 28.9 Å². The summed E-state index contributed by atoms with van der Waals surface area (Å²) in [6.07, 6.45) is 0. The summed E-state index contributed by atoms with van der Waals surface area (Å²) >= 11 is 6.22. The first kappa shape index (κ1) is 18.2. The number of hydrogen-bond acceptors (Lipinski definition) is 3. The second kappa shape index (κ2) is 6.62. The van der Waals surface area contributed by atoms with Gasteiger partial charge in [-0.15, -0.1) is 0 Å². The molecule has 1 unspecified atom stereocenters. The lowest BCUT2D eigenvalue weighted by Crippen LogP contribution is -2.31. The molecule has 0 aromatic heterocycles. The molecule has 25 heavy (non-hydrogen) atoms. The molecule has 0 saturated carbocycles. The molecular formula is C18H16Cl2N2O2S. The van der Waals surface area contributed by atoms with Crippen LogP contribution in [0.5, 0.6) is 0 Å². The molecule has 0 spiro atoms. The Balaban J connectivity index is 2.24. The molecule has 0 fully saturated rings. The van der Waals surface area contributed by atoms with Crippen molar-refractivity contribution in [2.24, 2.45) is 0 Å². The van der Waals surface area contributed by atoms with Crippen molar-refractivity contribution in [3.8, 4) is 0 Å². The monoisotopic (exact) mass is 394 g/mol. The fourth-order valence-electron chi connectivity index (χ4n) is 3.38. The van der Waals surface area contributed by atoms with Crippen LogP contribution in [0, 0.1) is 13.5 Å². The van der Waals surface area contributed by atoms with Crippen molar-refractivity contribution < 1.29 is 8.42 Å². The van der Waals surface area contributed by atoms with Crippen LogP contribution in [0.1, 0.15) is 28.2 Å². The van der Waals surface area contributed by atoms with E-state index in [2.05, 4.69) is 9.74 Å². The zero-order valence-electron chi connectivity index (χ0n) is 13.8. The predicted octanol–water partition coefficient (Wildman–Crippen LogP) is 4.70. The van der Waals surface area contributed by atoms with Gasteiger partial charge in [-0.3, -0.25) is 0 Å². The van der Waals surface area contributed by atoms with Gasteiger partial charge in [0.15, 0.2) is 5.69 Å². The van der Waals surface area contributed by atoms with Crippen LogP contribution in [0.3, 0.4) is 0 Å². The van der Waals surface area contributed by atoms with Gasteiger partial charge in [-0.1, -0.05) is 17.7 Å². The molecule has 0 saturated heterocycles. The van der Waals surface area contributed by atoms with E-state index in [9.17, 15) is 8.42 Å². The van der Waals surface area contributed by atoms with Gasteiger partial charge in [0.25, 0.3) is 9.05 Å². The van der Waals surface area contributed by atoms with Gasteiger partial charge in [-0.05, 0) is 60.5 Å². The summed E-state index contributed by atoms with van der Waals surface area (Å²) in [6, 6.07) is 8.46. The quantitative estimate of drug-likeness (QED) is 0.547. The molecule has 1 heterocycles. The van der Waals surface area contributed by atoms with Crippen LogP contribution >= 0.6 is 22.3 Å². The Morgan fingerprint density at radius 1 is 1.24 bits per heavy atom. The molecule has 2 aromatic carbocycles. The van der Waals surface area contributed by atoms with Gasteiger partial charge in [-0.25, -0.2) is 13.3 Å². The molecule has 1 atom stereocenters. The van der Waals surface area contributed by atoms with Gasteiger partial charge in [0.1, 0.15) is 0 Å². The normalized spacial score (nSPS) is 17.8. The van der Waals surface area contributed by atoms with Gasteiger partial charge >= 0.3 is 0 Å². The molecular weight excluding hydrogens is 379 g/mol. The Labute approximate surface area is 157 Å². The van der Waals surface area contributed by atoms with Crippen LogP contribution in [-0.2, 0) is 15.6 Å². The minimum atomic E-state index is -3.81. The molecule has 0 amide bonds. The molecule has 3 rings (SSSR count). The van der Waals surface area contributed by atoms with E-state index in [0.717, 1.165) is 22.3 Å². The number of fused-ring (bicyclic) bond motifs is 1. The largest absolute Gasteiger partial charge is 0.302 e. The van der Waals surface area contributed by atoms with E-state index >= 15 is 0 Å². The van der Waals surface area contributed by atoms with E-state index in [1.165, 1.54) is 6.07 Å². The Morgan fingerprint density at radius 3 is 2.60 bits per heavy atom. The van der Waals surface area contributed by atoms with Gasteiger partial charge in [0, 0.05) is 34.7 Å². The van der Waals surface area contributed by atoms with E-state index in [0.29, 0.717) is 23.8 Å². The van der Waals surface area contributed by atoms with Crippen molar-refractivity contribution in [2.45, 2.75) is 24.3 Å². The predicted molar refractivity (Wildman–Crippen MR) is 100 cm³/mol. The molecule has 130 valence electrons. The topological polar surface area (TPSA) is 41.7 Å². The highest BCUT2D eigenvalue weighted by molar-refractivity contribution is 8.13. The van der Waals surface area contributed by atoms with Gasteiger partial charge in [-0.2, -0.15) is 0 Å². The third-order valence-corrected chi connectivity index (χ3v) is 6.12. The average Bonchev–Trinajstić information content (AvgIpc) is 2.53. The number of halogens is 2. The Kier molecular flexibility index (Phi) is 4.82. The van der Waals surface area contributed by atoms with E-state index < -0.39 is 9.05 Å². The van der Waals surface area contributed by atoms with Gasteiger partial charge in [0.05, 0.1) is 11.5 Å². The zero-order chi connectivity index (χ0) is 18.4.